The SMILES string of the molecule is CON=C(C(=O)N[C@@H]1C(=O)N2C(C(=O)O)=C(CSc3nnc(NC(=O)CCC(=O)O)s3)CS[C@@H]12)c1csc(N)n1. The van der Waals surface area contributed by atoms with Crippen LogP contribution in [0.3, 0.4) is 0 Å². The lowest BCUT2D eigenvalue weighted by Gasteiger charge is -2.49. The molecule has 0 aromatic carbocycles. The van der Waals surface area contributed by atoms with Gasteiger partial charge in [-0.05, 0) is 5.57 Å². The van der Waals surface area contributed by atoms with Crippen molar-refractivity contribution in [2.45, 2.75) is 28.6 Å². The van der Waals surface area contributed by atoms with E-state index in [4.69, 9.17) is 15.7 Å². The number of aromatic nitrogens is 3. The monoisotopic (exact) mass is 628 g/mol. The first kappa shape index (κ1) is 29.2. The summed E-state index contributed by atoms with van der Waals surface area (Å²) in [5.74, 6) is -3.78. The largest absolute Gasteiger partial charge is 0.481 e. The Kier molecular flexibility index (Phi) is 9.22. The van der Waals surface area contributed by atoms with Crippen molar-refractivity contribution in [3.05, 3.63) is 22.3 Å². The van der Waals surface area contributed by atoms with Crippen LogP contribution in [-0.4, -0.2) is 95.7 Å². The average Bonchev–Trinajstić information content (AvgIpc) is 3.55. The summed E-state index contributed by atoms with van der Waals surface area (Å²) in [6, 6.07) is -0.991. The molecule has 4 heterocycles. The summed E-state index contributed by atoms with van der Waals surface area (Å²) in [6.45, 7) is 0. The quantitative estimate of drug-likeness (QED) is 0.0697. The number of carboxylic acid groups (broad SMARTS) is 2. The van der Waals surface area contributed by atoms with Crippen molar-refractivity contribution >= 4 is 91.8 Å². The molecular formula is C20H20N8O8S4. The highest BCUT2D eigenvalue weighted by atomic mass is 32.2. The summed E-state index contributed by atoms with van der Waals surface area (Å²) in [5, 5.41) is 36.3. The van der Waals surface area contributed by atoms with Crippen LogP contribution in [0.25, 0.3) is 0 Å². The van der Waals surface area contributed by atoms with Gasteiger partial charge in [-0.2, -0.15) is 0 Å². The lowest BCUT2D eigenvalue weighted by atomic mass is 10.0. The molecular weight excluding hydrogens is 609 g/mol. The molecule has 2 aromatic heterocycles. The zero-order chi connectivity index (χ0) is 29.0. The number of carboxylic acids is 2. The minimum absolute atomic E-state index is 0.170. The Morgan fingerprint density at radius 3 is 2.70 bits per heavy atom. The Labute approximate surface area is 241 Å². The molecule has 0 aliphatic carbocycles. The van der Waals surface area contributed by atoms with Crippen molar-refractivity contribution in [2.24, 2.45) is 5.16 Å². The Morgan fingerprint density at radius 2 is 2.05 bits per heavy atom. The van der Waals surface area contributed by atoms with E-state index in [1.54, 1.807) is 0 Å². The molecule has 0 radical (unpaired) electrons. The van der Waals surface area contributed by atoms with Gasteiger partial charge in [0.15, 0.2) is 15.2 Å². The summed E-state index contributed by atoms with van der Waals surface area (Å²) < 4.78 is 0.436. The van der Waals surface area contributed by atoms with Crippen molar-refractivity contribution in [2.75, 3.05) is 29.7 Å². The third-order valence-electron chi connectivity index (χ3n) is 5.29. The van der Waals surface area contributed by atoms with Gasteiger partial charge in [0, 0.05) is 23.3 Å². The van der Waals surface area contributed by atoms with E-state index in [2.05, 4.69) is 31.0 Å². The third-order valence-corrected chi connectivity index (χ3v) is 9.36. The molecule has 0 spiro atoms. The van der Waals surface area contributed by atoms with E-state index in [0.717, 1.165) is 27.6 Å². The van der Waals surface area contributed by atoms with Gasteiger partial charge in [0.25, 0.3) is 11.8 Å². The summed E-state index contributed by atoms with van der Waals surface area (Å²) in [6.07, 6.45) is -0.532. The molecule has 3 amide bonds. The maximum atomic E-state index is 13.0. The van der Waals surface area contributed by atoms with Crippen LogP contribution in [0.4, 0.5) is 10.3 Å². The Hall–Kier alpha value is -3.75. The van der Waals surface area contributed by atoms with Gasteiger partial charge in [0.1, 0.15) is 29.9 Å². The van der Waals surface area contributed by atoms with E-state index < -0.39 is 41.1 Å². The van der Waals surface area contributed by atoms with Crippen LogP contribution in [0, 0.1) is 0 Å². The normalized spacial score (nSPS) is 18.6. The molecule has 2 aromatic rings. The van der Waals surface area contributed by atoms with Crippen LogP contribution >= 0.6 is 46.2 Å². The number of carbonyl (C=O) groups is 5. The summed E-state index contributed by atoms with van der Waals surface area (Å²) in [5.41, 5.74) is 5.93. The van der Waals surface area contributed by atoms with E-state index in [-0.39, 0.29) is 51.7 Å². The first-order chi connectivity index (χ1) is 19.1. The van der Waals surface area contributed by atoms with Crippen molar-refractivity contribution in [3.8, 4) is 0 Å². The number of nitrogens with two attached hydrogens (primary N) is 1. The van der Waals surface area contributed by atoms with E-state index >= 15 is 0 Å². The van der Waals surface area contributed by atoms with Crippen LogP contribution in [0.2, 0.25) is 0 Å². The molecule has 16 nitrogen and oxygen atoms in total. The van der Waals surface area contributed by atoms with E-state index in [9.17, 15) is 29.1 Å². The standard InChI is InChI=1S/C20H20N8O8S4/c1-36-27-11(8-6-38-18(21)22-8)14(32)24-12-15(33)28-13(17(34)35)7(4-37-16(12)28)5-39-20-26-25-19(40-20)23-9(29)2-3-10(30)31/h6,12,16H,2-5H2,1H3,(H2,21,22)(H,24,32)(H,30,31)(H,34,35)(H,23,25,29)/t12-,16+/m1/s1. The van der Waals surface area contributed by atoms with Gasteiger partial charge in [0.05, 0.1) is 6.42 Å². The fraction of sp³-hybridized carbons (Fsp3) is 0.350. The van der Waals surface area contributed by atoms with Gasteiger partial charge >= 0.3 is 11.9 Å². The fourth-order valence-corrected chi connectivity index (χ4v) is 7.37. The van der Waals surface area contributed by atoms with Crippen molar-refractivity contribution in [3.63, 3.8) is 0 Å². The van der Waals surface area contributed by atoms with Gasteiger partial charge in [-0.1, -0.05) is 28.3 Å². The Bertz CT molecular complexity index is 1420. The number of hydrogen-bond acceptors (Lipinski definition) is 15. The highest BCUT2D eigenvalue weighted by Crippen LogP contribution is 2.42. The highest BCUT2D eigenvalue weighted by molar-refractivity contribution is 8.01. The van der Waals surface area contributed by atoms with Crippen LogP contribution in [0.1, 0.15) is 18.5 Å². The molecule has 2 aliphatic rings. The number of hydrogen-bond donors (Lipinski definition) is 5. The molecule has 40 heavy (non-hydrogen) atoms. The second-order valence-electron chi connectivity index (χ2n) is 7.92. The molecule has 0 unspecified atom stereocenters. The average molecular weight is 629 g/mol. The predicted molar refractivity (Wildman–Crippen MR) is 146 cm³/mol. The smallest absolute Gasteiger partial charge is 0.352 e. The number of oxime groups is 1. The van der Waals surface area contributed by atoms with Crippen molar-refractivity contribution < 1.29 is 39.0 Å². The molecule has 1 fully saturated rings. The number of thiazole rings is 1. The summed E-state index contributed by atoms with van der Waals surface area (Å²) in [4.78, 5) is 70.2. The minimum atomic E-state index is -1.29. The lowest BCUT2D eigenvalue weighted by molar-refractivity contribution is -0.150. The van der Waals surface area contributed by atoms with Gasteiger partial charge in [-0.3, -0.25) is 24.1 Å². The number of nitrogens with zero attached hydrogens (tertiary/aromatic N) is 5. The second kappa shape index (κ2) is 12.6. The Morgan fingerprint density at radius 1 is 1.27 bits per heavy atom. The first-order valence-corrected chi connectivity index (χ1v) is 14.8. The molecule has 0 bridgehead atoms. The van der Waals surface area contributed by atoms with Gasteiger partial charge in [0.2, 0.25) is 11.0 Å². The highest BCUT2D eigenvalue weighted by Gasteiger charge is 2.54. The number of β-lactam (4-membered cyclic amide) rings is 1. The molecule has 2 aliphatic heterocycles. The lowest BCUT2D eigenvalue weighted by Crippen LogP contribution is -2.71. The maximum absolute atomic E-state index is 13.0. The van der Waals surface area contributed by atoms with Crippen LogP contribution in [-0.2, 0) is 28.8 Å². The van der Waals surface area contributed by atoms with Crippen LogP contribution in [0.5, 0.6) is 0 Å². The van der Waals surface area contributed by atoms with Gasteiger partial charge < -0.3 is 31.4 Å². The van der Waals surface area contributed by atoms with E-state index in [0.29, 0.717) is 9.91 Å². The molecule has 1 saturated heterocycles. The van der Waals surface area contributed by atoms with Crippen molar-refractivity contribution in [1.29, 1.82) is 0 Å². The van der Waals surface area contributed by atoms with E-state index in [1.165, 1.54) is 36.0 Å². The van der Waals surface area contributed by atoms with Crippen LogP contribution < -0.4 is 16.4 Å². The molecule has 0 saturated carbocycles. The first-order valence-electron chi connectivity index (χ1n) is 11.1. The topological polar surface area (TPSA) is 239 Å². The number of rotatable bonds is 12. The molecule has 6 N–H and O–H groups in total. The number of amides is 3. The summed E-state index contributed by atoms with van der Waals surface area (Å²) >= 11 is 4.61. The molecule has 20 heteroatoms. The number of anilines is 2. The van der Waals surface area contributed by atoms with Gasteiger partial charge in [-0.25, -0.2) is 9.78 Å². The third kappa shape index (κ3) is 6.51. The van der Waals surface area contributed by atoms with E-state index in [1.807, 2.05) is 0 Å². The zero-order valence-corrected chi connectivity index (χ0v) is 23.6. The number of carbonyl (C=O) groups excluding carboxylic acids is 3. The fourth-order valence-electron chi connectivity index (χ4n) is 3.57. The van der Waals surface area contributed by atoms with Gasteiger partial charge in [-0.15, -0.1) is 33.3 Å². The molecule has 212 valence electrons. The number of aliphatic carboxylic acids is 2. The maximum Gasteiger partial charge on any atom is 0.352 e. The zero-order valence-electron chi connectivity index (χ0n) is 20.4. The molecule has 4 rings (SSSR count). The number of nitrogens with one attached hydrogen (secondary N) is 2. The summed E-state index contributed by atoms with van der Waals surface area (Å²) in [7, 11) is 1.25. The number of thioether (sulfide) groups is 2. The number of fused-ring (bicyclic) bond motifs is 1. The van der Waals surface area contributed by atoms with Crippen LogP contribution in [0.15, 0.2) is 26.1 Å². The minimum Gasteiger partial charge on any atom is -0.481 e. The van der Waals surface area contributed by atoms with Crippen molar-refractivity contribution in [1.82, 2.24) is 25.4 Å². The predicted octanol–water partition coefficient (Wildman–Crippen LogP) is 0.262. The Balaban J connectivity index is 1.40. The molecule has 2 atom stereocenters. The number of nitrogen functional groups attached to an aromatic ring is 1. The second-order valence-corrected chi connectivity index (χ2v) is 12.1.